The summed E-state index contributed by atoms with van der Waals surface area (Å²) in [6.45, 7) is 0.854. The van der Waals surface area contributed by atoms with E-state index in [-0.39, 0.29) is 23.6 Å². The molecule has 0 aromatic heterocycles. The van der Waals surface area contributed by atoms with Gasteiger partial charge in [0.25, 0.3) is 5.91 Å². The molecule has 33 heavy (non-hydrogen) atoms. The maximum atomic E-state index is 15.6. The summed E-state index contributed by atoms with van der Waals surface area (Å²) < 4.78 is 75.3. The van der Waals surface area contributed by atoms with E-state index < -0.39 is 64.3 Å². The van der Waals surface area contributed by atoms with Crippen molar-refractivity contribution in [2.24, 2.45) is 11.5 Å². The first-order valence-electron chi connectivity index (χ1n) is 9.74. The van der Waals surface area contributed by atoms with Crippen molar-refractivity contribution in [3.8, 4) is 16.9 Å². The van der Waals surface area contributed by atoms with Gasteiger partial charge in [-0.2, -0.15) is 13.2 Å². The third-order valence-corrected chi connectivity index (χ3v) is 5.69. The molecule has 1 saturated heterocycles. The van der Waals surface area contributed by atoms with Gasteiger partial charge in [-0.25, -0.2) is 13.6 Å². The molecular weight excluding hydrogens is 473 g/mol. The van der Waals surface area contributed by atoms with Crippen LogP contribution < -0.4 is 16.2 Å². The van der Waals surface area contributed by atoms with E-state index >= 15 is 4.39 Å². The first kappa shape index (κ1) is 24.6. The third kappa shape index (κ3) is 4.68. The summed E-state index contributed by atoms with van der Waals surface area (Å²) in [5.74, 6) is -4.34. The third-order valence-electron chi connectivity index (χ3n) is 5.37. The highest BCUT2D eigenvalue weighted by Crippen LogP contribution is 2.45. The molecule has 0 saturated carbocycles. The second-order valence-corrected chi connectivity index (χ2v) is 7.89. The predicted octanol–water partition coefficient (Wildman–Crippen LogP) is 4.93. The molecule has 0 spiro atoms. The van der Waals surface area contributed by atoms with Crippen LogP contribution in [0.15, 0.2) is 24.3 Å². The van der Waals surface area contributed by atoms with Crippen LogP contribution in [-0.4, -0.2) is 35.7 Å². The second kappa shape index (κ2) is 9.05. The summed E-state index contributed by atoms with van der Waals surface area (Å²) in [6.07, 6.45) is -6.62. The van der Waals surface area contributed by atoms with E-state index in [1.807, 2.05) is 0 Å². The van der Waals surface area contributed by atoms with Crippen LogP contribution in [-0.2, 0) is 0 Å². The number of hydrogen-bond donors (Lipinski definition) is 2. The van der Waals surface area contributed by atoms with Gasteiger partial charge in [-0.15, -0.1) is 0 Å². The number of benzene rings is 2. The monoisotopic (exact) mass is 491 g/mol. The highest BCUT2D eigenvalue weighted by molar-refractivity contribution is 6.33. The second-order valence-electron chi connectivity index (χ2n) is 7.48. The molecule has 0 aliphatic carbocycles. The number of alkyl halides is 3. The molecule has 2 unspecified atom stereocenters. The molecule has 0 radical (unpaired) electrons. The van der Waals surface area contributed by atoms with Crippen molar-refractivity contribution in [1.29, 1.82) is 0 Å². The number of carbonyl (C=O) groups excluding carboxylic acids is 2. The van der Waals surface area contributed by atoms with E-state index in [1.165, 1.54) is 12.1 Å². The molecule has 3 rings (SSSR count). The Labute approximate surface area is 190 Å². The molecule has 1 heterocycles. The maximum Gasteiger partial charge on any atom is 0.425 e. The van der Waals surface area contributed by atoms with E-state index in [1.54, 1.807) is 0 Å². The zero-order valence-corrected chi connectivity index (χ0v) is 17.9. The van der Waals surface area contributed by atoms with Crippen LogP contribution in [0.2, 0.25) is 5.02 Å². The normalized spacial score (nSPS) is 17.2. The summed E-state index contributed by atoms with van der Waals surface area (Å²) in [5, 5.41) is -0.311. The van der Waals surface area contributed by atoms with E-state index in [0.29, 0.717) is 13.3 Å². The van der Waals surface area contributed by atoms with Gasteiger partial charge in [0.15, 0.2) is 6.10 Å². The van der Waals surface area contributed by atoms with Crippen LogP contribution in [0.1, 0.15) is 41.7 Å². The van der Waals surface area contributed by atoms with Gasteiger partial charge in [-0.3, -0.25) is 4.79 Å². The number of primary amides is 2. The Kier molecular flexibility index (Phi) is 6.73. The van der Waals surface area contributed by atoms with E-state index in [4.69, 9.17) is 27.8 Å². The smallest absolute Gasteiger partial charge is 0.425 e. The first-order chi connectivity index (χ1) is 15.3. The Bertz CT molecular complexity index is 1090. The van der Waals surface area contributed by atoms with Gasteiger partial charge in [0.2, 0.25) is 0 Å². The average molecular weight is 492 g/mol. The van der Waals surface area contributed by atoms with E-state index in [2.05, 4.69) is 0 Å². The van der Waals surface area contributed by atoms with Crippen LogP contribution in [0, 0.1) is 11.6 Å². The van der Waals surface area contributed by atoms with Crippen molar-refractivity contribution >= 4 is 23.5 Å². The van der Waals surface area contributed by atoms with Gasteiger partial charge in [-0.05, 0) is 38.0 Å². The zero-order valence-electron chi connectivity index (χ0n) is 17.2. The molecule has 2 aromatic carbocycles. The molecular formula is C21H19ClF5N3O3. The zero-order chi connectivity index (χ0) is 24.7. The quantitative estimate of drug-likeness (QED) is 0.580. The van der Waals surface area contributed by atoms with Crippen LogP contribution in [0.4, 0.5) is 26.7 Å². The number of carbonyl (C=O) groups is 2. The number of nitrogens with zero attached hydrogens (tertiary/aromatic N) is 1. The first-order valence-corrected chi connectivity index (χ1v) is 10.1. The van der Waals surface area contributed by atoms with Gasteiger partial charge in [-0.1, -0.05) is 17.7 Å². The summed E-state index contributed by atoms with van der Waals surface area (Å²) in [4.78, 5) is 25.2. The lowest BCUT2D eigenvalue weighted by Crippen LogP contribution is -2.36. The van der Waals surface area contributed by atoms with Crippen molar-refractivity contribution < 1.29 is 36.3 Å². The summed E-state index contributed by atoms with van der Waals surface area (Å²) in [6, 6.07) is 2.38. The number of halogens is 6. The van der Waals surface area contributed by atoms with Gasteiger partial charge in [0.05, 0.1) is 16.6 Å². The van der Waals surface area contributed by atoms with Crippen LogP contribution >= 0.6 is 11.6 Å². The molecule has 1 aliphatic rings. The van der Waals surface area contributed by atoms with Crippen LogP contribution in [0.5, 0.6) is 5.75 Å². The number of rotatable bonds is 5. The number of nitrogens with two attached hydrogens (primary N) is 2. The Morgan fingerprint density at radius 2 is 1.88 bits per heavy atom. The Balaban J connectivity index is 2.37. The topological polar surface area (TPSA) is 98.7 Å². The molecule has 1 fully saturated rings. The van der Waals surface area contributed by atoms with E-state index in [9.17, 15) is 27.2 Å². The van der Waals surface area contributed by atoms with Crippen molar-refractivity contribution in [2.45, 2.75) is 38.1 Å². The highest BCUT2D eigenvalue weighted by Gasteiger charge is 2.40. The maximum absolute atomic E-state index is 15.6. The molecule has 6 nitrogen and oxygen atoms in total. The fourth-order valence-corrected chi connectivity index (χ4v) is 4.07. The minimum atomic E-state index is -4.84. The fraction of sp³-hybridized carbons (Fsp3) is 0.333. The summed E-state index contributed by atoms with van der Waals surface area (Å²) >= 11 is 6.06. The lowest BCUT2D eigenvalue weighted by atomic mass is 9.91. The molecule has 12 heteroatoms. The fourth-order valence-electron chi connectivity index (χ4n) is 3.82. The Morgan fingerprint density at radius 3 is 2.42 bits per heavy atom. The Hall–Kier alpha value is -3.08. The van der Waals surface area contributed by atoms with Crippen molar-refractivity contribution in [3.05, 3.63) is 52.0 Å². The standard InChI is InChI=1S/C21H19ClF5N3O3/c1-9(21(25,26)27)33-14-8-10(13-6-3-7-30(13)20(29)32)18(24)17(19(28)31)16(14)15-11(22)4-2-5-12(15)23/h2,4-5,8-9,13H,3,6-7H2,1H3,(H2,28,31)(H2,29,32). The lowest BCUT2D eigenvalue weighted by molar-refractivity contribution is -0.189. The number of urea groups is 1. The van der Waals surface area contributed by atoms with E-state index in [0.717, 1.165) is 17.0 Å². The average Bonchev–Trinajstić information content (AvgIpc) is 3.18. The van der Waals surface area contributed by atoms with Gasteiger partial charge in [0, 0.05) is 23.2 Å². The number of amides is 3. The minimum absolute atomic E-state index is 0.168. The molecule has 2 atom stereocenters. The largest absolute Gasteiger partial charge is 0.481 e. The molecule has 2 aromatic rings. The molecule has 0 bridgehead atoms. The highest BCUT2D eigenvalue weighted by atomic mass is 35.5. The minimum Gasteiger partial charge on any atom is -0.481 e. The number of ether oxygens (including phenoxy) is 1. The van der Waals surface area contributed by atoms with Crippen LogP contribution in [0.3, 0.4) is 0 Å². The molecule has 1 aliphatic heterocycles. The van der Waals surface area contributed by atoms with Crippen molar-refractivity contribution in [2.75, 3.05) is 6.54 Å². The number of hydrogen-bond acceptors (Lipinski definition) is 3. The molecule has 4 N–H and O–H groups in total. The molecule has 178 valence electrons. The Morgan fingerprint density at radius 1 is 1.21 bits per heavy atom. The van der Waals surface area contributed by atoms with Gasteiger partial charge < -0.3 is 21.1 Å². The van der Waals surface area contributed by atoms with Crippen LogP contribution in [0.25, 0.3) is 11.1 Å². The molecule has 3 amide bonds. The number of likely N-dealkylation sites (tertiary alicyclic amines) is 1. The summed E-state index contributed by atoms with van der Waals surface area (Å²) in [5.41, 5.74) is 8.24. The summed E-state index contributed by atoms with van der Waals surface area (Å²) in [7, 11) is 0. The lowest BCUT2D eigenvalue weighted by Gasteiger charge is -2.27. The predicted molar refractivity (Wildman–Crippen MR) is 110 cm³/mol. The van der Waals surface area contributed by atoms with Crippen molar-refractivity contribution in [3.63, 3.8) is 0 Å². The SMILES string of the molecule is CC(Oc1cc(C2CCCN2C(N)=O)c(F)c(C(N)=O)c1-c1c(F)cccc1Cl)C(F)(F)F. The van der Waals surface area contributed by atoms with Crippen molar-refractivity contribution in [1.82, 2.24) is 4.90 Å². The van der Waals surface area contributed by atoms with Gasteiger partial charge in [0.1, 0.15) is 17.4 Å². The van der Waals surface area contributed by atoms with Gasteiger partial charge >= 0.3 is 12.2 Å².